The number of aryl methyl sites for hydroxylation is 1. The molecule has 0 saturated heterocycles. The molecule has 2 rings (SSSR count). The Morgan fingerprint density at radius 1 is 1.11 bits per heavy atom. The molecule has 0 saturated carbocycles. The van der Waals surface area contributed by atoms with E-state index in [4.69, 9.17) is 10.5 Å². The van der Waals surface area contributed by atoms with E-state index in [2.05, 4.69) is 37.9 Å². The molecule has 0 fully saturated rings. The van der Waals surface area contributed by atoms with Gasteiger partial charge in [-0.25, -0.2) is 0 Å². The molecule has 100 valence electrons. The Labute approximate surface area is 130 Å². The van der Waals surface area contributed by atoms with E-state index in [1.807, 2.05) is 37.3 Å². The smallest absolute Gasteiger partial charge is 0.127 e. The Hall–Kier alpha value is -0.840. The van der Waals surface area contributed by atoms with Crippen LogP contribution in [0.25, 0.3) is 0 Å². The number of hydrogen-bond acceptors (Lipinski definition) is 2. The molecule has 0 radical (unpaired) electrons. The zero-order chi connectivity index (χ0) is 13.8. The molecule has 2 N–H and O–H groups in total. The number of benzene rings is 2. The predicted molar refractivity (Wildman–Crippen MR) is 85.2 cm³/mol. The van der Waals surface area contributed by atoms with Gasteiger partial charge in [0.1, 0.15) is 12.4 Å². The summed E-state index contributed by atoms with van der Waals surface area (Å²) < 4.78 is 8.02. The number of rotatable bonds is 4. The summed E-state index contributed by atoms with van der Waals surface area (Å²) in [5.74, 6) is 0.880. The van der Waals surface area contributed by atoms with E-state index in [1.54, 1.807) is 0 Å². The van der Waals surface area contributed by atoms with Gasteiger partial charge in [0, 0.05) is 21.1 Å². The highest BCUT2D eigenvalue weighted by Gasteiger charge is 2.08. The highest BCUT2D eigenvalue weighted by Crippen LogP contribution is 2.28. The van der Waals surface area contributed by atoms with Crippen molar-refractivity contribution in [1.29, 1.82) is 0 Å². The third-order valence-corrected chi connectivity index (χ3v) is 3.76. The lowest BCUT2D eigenvalue weighted by Gasteiger charge is -2.14. The normalized spacial score (nSPS) is 10.5. The zero-order valence-corrected chi connectivity index (χ0v) is 13.8. The topological polar surface area (TPSA) is 35.2 Å². The molecule has 19 heavy (non-hydrogen) atoms. The second kappa shape index (κ2) is 6.55. The lowest BCUT2D eigenvalue weighted by Crippen LogP contribution is -2.04. The minimum atomic E-state index is 0.466. The monoisotopic (exact) mass is 383 g/mol. The van der Waals surface area contributed by atoms with Crippen molar-refractivity contribution in [3.8, 4) is 5.75 Å². The van der Waals surface area contributed by atoms with Crippen LogP contribution < -0.4 is 10.5 Å². The first-order valence-corrected chi connectivity index (χ1v) is 7.55. The van der Waals surface area contributed by atoms with Crippen LogP contribution in [0.1, 0.15) is 16.7 Å². The first-order chi connectivity index (χ1) is 9.10. The molecule has 0 bridgehead atoms. The summed E-state index contributed by atoms with van der Waals surface area (Å²) >= 11 is 6.93. The fourth-order valence-corrected chi connectivity index (χ4v) is 3.01. The quantitative estimate of drug-likeness (QED) is 0.838. The van der Waals surface area contributed by atoms with E-state index < -0.39 is 0 Å². The molecule has 0 heterocycles. The van der Waals surface area contributed by atoms with E-state index in [0.29, 0.717) is 13.2 Å². The SMILES string of the molecule is Cc1cc(Br)cc(CN)c1OCc1cccc(Br)c1. The van der Waals surface area contributed by atoms with Crippen LogP contribution >= 0.6 is 31.9 Å². The van der Waals surface area contributed by atoms with Gasteiger partial charge in [0.15, 0.2) is 0 Å². The summed E-state index contributed by atoms with van der Waals surface area (Å²) in [4.78, 5) is 0. The second-order valence-electron chi connectivity index (χ2n) is 4.33. The first-order valence-electron chi connectivity index (χ1n) is 5.96. The van der Waals surface area contributed by atoms with Gasteiger partial charge >= 0.3 is 0 Å². The molecule has 0 aliphatic carbocycles. The van der Waals surface area contributed by atoms with Crippen LogP contribution in [0.4, 0.5) is 0 Å². The van der Waals surface area contributed by atoms with Gasteiger partial charge in [-0.15, -0.1) is 0 Å². The molecule has 0 aromatic heterocycles. The first kappa shape index (κ1) is 14.6. The molecule has 0 spiro atoms. The Balaban J connectivity index is 2.19. The summed E-state index contributed by atoms with van der Waals surface area (Å²) in [6.07, 6.45) is 0. The van der Waals surface area contributed by atoms with Crippen LogP contribution in [0.3, 0.4) is 0 Å². The van der Waals surface area contributed by atoms with Crippen molar-refractivity contribution in [2.24, 2.45) is 5.73 Å². The highest BCUT2D eigenvalue weighted by atomic mass is 79.9. The van der Waals surface area contributed by atoms with E-state index in [0.717, 1.165) is 31.4 Å². The average Bonchev–Trinajstić information content (AvgIpc) is 2.37. The predicted octanol–water partition coefficient (Wildman–Crippen LogP) is 4.56. The van der Waals surface area contributed by atoms with Crippen molar-refractivity contribution in [3.05, 3.63) is 62.0 Å². The van der Waals surface area contributed by atoms with Gasteiger partial charge in [-0.3, -0.25) is 0 Å². The van der Waals surface area contributed by atoms with Crippen molar-refractivity contribution in [2.75, 3.05) is 0 Å². The molecule has 2 aromatic rings. The third-order valence-electron chi connectivity index (χ3n) is 2.81. The molecule has 0 aliphatic rings. The van der Waals surface area contributed by atoms with E-state index in [1.165, 1.54) is 0 Å². The molecule has 2 nitrogen and oxygen atoms in total. The van der Waals surface area contributed by atoms with Gasteiger partial charge in [0.05, 0.1) is 0 Å². The fourth-order valence-electron chi connectivity index (χ4n) is 1.94. The van der Waals surface area contributed by atoms with E-state index in [9.17, 15) is 0 Å². The van der Waals surface area contributed by atoms with Gasteiger partial charge in [-0.2, -0.15) is 0 Å². The summed E-state index contributed by atoms with van der Waals surface area (Å²) in [6.45, 7) is 3.03. The van der Waals surface area contributed by atoms with Gasteiger partial charge in [-0.05, 0) is 42.3 Å². The summed E-state index contributed by atoms with van der Waals surface area (Å²) in [6, 6.07) is 12.1. The Kier molecular flexibility index (Phi) is 5.02. The average molecular weight is 385 g/mol. The molecular weight excluding hydrogens is 370 g/mol. The maximum atomic E-state index is 5.93. The Bertz CT molecular complexity index is 584. The summed E-state index contributed by atoms with van der Waals surface area (Å²) in [7, 11) is 0. The largest absolute Gasteiger partial charge is 0.488 e. The van der Waals surface area contributed by atoms with E-state index >= 15 is 0 Å². The molecule has 0 atom stereocenters. The van der Waals surface area contributed by atoms with Crippen LogP contribution in [0, 0.1) is 6.92 Å². The third kappa shape index (κ3) is 3.81. The minimum absolute atomic E-state index is 0.466. The molecular formula is C15H15Br2NO. The molecule has 0 unspecified atom stereocenters. The maximum absolute atomic E-state index is 5.93. The number of nitrogens with two attached hydrogens (primary N) is 1. The lowest BCUT2D eigenvalue weighted by molar-refractivity contribution is 0.300. The second-order valence-corrected chi connectivity index (χ2v) is 6.17. The van der Waals surface area contributed by atoms with Crippen LogP contribution in [-0.4, -0.2) is 0 Å². The van der Waals surface area contributed by atoms with Crippen molar-refractivity contribution in [1.82, 2.24) is 0 Å². The van der Waals surface area contributed by atoms with Gasteiger partial charge in [-0.1, -0.05) is 44.0 Å². The summed E-state index contributed by atoms with van der Waals surface area (Å²) in [5, 5.41) is 0. The van der Waals surface area contributed by atoms with Crippen molar-refractivity contribution >= 4 is 31.9 Å². The van der Waals surface area contributed by atoms with Crippen LogP contribution in [0.2, 0.25) is 0 Å². The van der Waals surface area contributed by atoms with Gasteiger partial charge < -0.3 is 10.5 Å². The Morgan fingerprint density at radius 2 is 1.89 bits per heavy atom. The van der Waals surface area contributed by atoms with Gasteiger partial charge in [0.25, 0.3) is 0 Å². The van der Waals surface area contributed by atoms with Crippen molar-refractivity contribution in [3.63, 3.8) is 0 Å². The van der Waals surface area contributed by atoms with E-state index in [-0.39, 0.29) is 0 Å². The zero-order valence-electron chi connectivity index (χ0n) is 10.6. The lowest BCUT2D eigenvalue weighted by atomic mass is 10.1. The standard InChI is InChI=1S/C15H15Br2NO/c1-10-5-14(17)7-12(8-18)15(10)19-9-11-3-2-4-13(16)6-11/h2-7H,8-9,18H2,1H3. The van der Waals surface area contributed by atoms with Gasteiger partial charge in [0.2, 0.25) is 0 Å². The number of halogens is 2. The Morgan fingerprint density at radius 3 is 2.58 bits per heavy atom. The fraction of sp³-hybridized carbons (Fsp3) is 0.200. The number of ether oxygens (including phenoxy) is 1. The minimum Gasteiger partial charge on any atom is -0.488 e. The van der Waals surface area contributed by atoms with Crippen molar-refractivity contribution in [2.45, 2.75) is 20.1 Å². The summed E-state index contributed by atoms with van der Waals surface area (Å²) in [5.41, 5.74) is 9.00. The van der Waals surface area contributed by atoms with Crippen LogP contribution in [-0.2, 0) is 13.2 Å². The number of hydrogen-bond donors (Lipinski definition) is 1. The molecule has 2 aromatic carbocycles. The van der Waals surface area contributed by atoms with Crippen molar-refractivity contribution < 1.29 is 4.74 Å². The van der Waals surface area contributed by atoms with Crippen LogP contribution in [0.15, 0.2) is 45.3 Å². The molecule has 4 heteroatoms. The maximum Gasteiger partial charge on any atom is 0.127 e. The molecule has 0 aliphatic heterocycles. The van der Waals surface area contributed by atoms with Crippen LogP contribution in [0.5, 0.6) is 5.75 Å². The molecule has 0 amide bonds. The highest BCUT2D eigenvalue weighted by molar-refractivity contribution is 9.10.